The quantitative estimate of drug-likeness (QED) is 0.240. The highest BCUT2D eigenvalue weighted by Crippen LogP contribution is 2.51. The summed E-state index contributed by atoms with van der Waals surface area (Å²) in [6.07, 6.45) is -5.49. The van der Waals surface area contributed by atoms with E-state index in [1.54, 1.807) is 24.3 Å². The zero-order valence-corrected chi connectivity index (χ0v) is 20.6. The van der Waals surface area contributed by atoms with Crippen LogP contribution in [0.5, 0.6) is 23.0 Å². The van der Waals surface area contributed by atoms with Gasteiger partial charge >= 0.3 is 5.97 Å². The molecule has 2 aliphatic rings. The normalized spacial score (nSPS) is 28.6. The molecule has 12 heteroatoms. The highest BCUT2D eigenvalue weighted by atomic mass is 16.7. The van der Waals surface area contributed by atoms with Gasteiger partial charge in [0, 0.05) is 11.6 Å². The second kappa shape index (κ2) is 11.6. The Morgan fingerprint density at radius 2 is 1.68 bits per heavy atom. The van der Waals surface area contributed by atoms with Gasteiger partial charge < -0.3 is 54.3 Å². The van der Waals surface area contributed by atoms with Gasteiger partial charge in [-0.1, -0.05) is 6.07 Å². The molecule has 0 spiro atoms. The Balaban J connectivity index is 1.62. The van der Waals surface area contributed by atoms with Crippen molar-refractivity contribution in [3.05, 3.63) is 53.1 Å². The van der Waals surface area contributed by atoms with Crippen LogP contribution in [0.25, 0.3) is 6.08 Å². The zero-order valence-electron chi connectivity index (χ0n) is 20.6. The lowest BCUT2D eigenvalue weighted by Gasteiger charge is -2.39. The monoisotopic (exact) mass is 534 g/mol. The van der Waals surface area contributed by atoms with Crippen LogP contribution in [0.4, 0.5) is 0 Å². The fourth-order valence-electron chi connectivity index (χ4n) is 4.58. The predicted molar refractivity (Wildman–Crippen MR) is 130 cm³/mol. The molecule has 0 saturated carbocycles. The van der Waals surface area contributed by atoms with Crippen molar-refractivity contribution in [2.24, 2.45) is 0 Å². The number of rotatable bonds is 9. The van der Waals surface area contributed by atoms with Crippen molar-refractivity contribution in [2.45, 2.75) is 42.7 Å². The molecular formula is C26H30O12. The van der Waals surface area contributed by atoms with Crippen molar-refractivity contribution < 1.29 is 59.1 Å². The number of aliphatic hydroxyl groups is 5. The molecule has 0 aromatic heterocycles. The van der Waals surface area contributed by atoms with Crippen molar-refractivity contribution in [3.8, 4) is 23.0 Å². The van der Waals surface area contributed by atoms with Gasteiger partial charge in [-0.15, -0.1) is 0 Å². The molecule has 1 fully saturated rings. The zero-order chi connectivity index (χ0) is 27.6. The van der Waals surface area contributed by atoms with E-state index in [1.165, 1.54) is 26.4 Å². The maximum atomic E-state index is 11.0. The fraction of sp³-hybridized carbons (Fsp3) is 0.423. The smallest absolute Gasteiger partial charge is 0.328 e. The van der Waals surface area contributed by atoms with Crippen molar-refractivity contribution >= 4 is 12.0 Å². The van der Waals surface area contributed by atoms with Crippen molar-refractivity contribution in [1.29, 1.82) is 0 Å². The van der Waals surface area contributed by atoms with Gasteiger partial charge in [0.2, 0.25) is 6.29 Å². The van der Waals surface area contributed by atoms with E-state index in [2.05, 4.69) is 0 Å². The number of hydrogen-bond donors (Lipinski definition) is 6. The Labute approximate surface area is 217 Å². The molecule has 206 valence electrons. The molecule has 6 N–H and O–H groups in total. The summed E-state index contributed by atoms with van der Waals surface area (Å²) >= 11 is 0. The molecule has 7 unspecified atom stereocenters. The van der Waals surface area contributed by atoms with Crippen LogP contribution < -0.4 is 18.9 Å². The van der Waals surface area contributed by atoms with Gasteiger partial charge in [0.1, 0.15) is 30.5 Å². The summed E-state index contributed by atoms with van der Waals surface area (Å²) < 4.78 is 28.2. The lowest BCUT2D eigenvalue weighted by atomic mass is 9.90. The summed E-state index contributed by atoms with van der Waals surface area (Å²) in [6.45, 7) is -0.876. The van der Waals surface area contributed by atoms with Gasteiger partial charge in [0.05, 0.1) is 33.4 Å². The third-order valence-corrected chi connectivity index (χ3v) is 6.56. The minimum Gasteiger partial charge on any atom is -0.493 e. The number of carboxylic acids is 1. The summed E-state index contributed by atoms with van der Waals surface area (Å²) in [5.41, 5.74) is 1.82. The summed E-state index contributed by atoms with van der Waals surface area (Å²) in [5.74, 6) is -0.440. The standard InChI is InChI=1S/C26H30O12/c1-34-17-9-13(4-5-16(17)36-26-23(33)22(32)21(31)19(11-28)37-26)24-15(10-27)14-7-12(3-6-20(29)30)8-18(35-2)25(14)38-24/h3-9,15,19,21-24,26-28,31-33H,10-11H2,1-2H3,(H,29,30)/b6-3+. The van der Waals surface area contributed by atoms with Crippen LogP contribution in [0, 0.1) is 0 Å². The molecule has 2 heterocycles. The fourth-order valence-corrected chi connectivity index (χ4v) is 4.58. The second-order valence-electron chi connectivity index (χ2n) is 8.87. The first-order valence-corrected chi connectivity index (χ1v) is 11.8. The van der Waals surface area contributed by atoms with E-state index in [0.717, 1.165) is 6.08 Å². The summed E-state index contributed by atoms with van der Waals surface area (Å²) in [7, 11) is 2.86. The molecule has 0 amide bonds. The lowest BCUT2D eigenvalue weighted by Crippen LogP contribution is -2.60. The highest BCUT2D eigenvalue weighted by Gasteiger charge is 2.45. The van der Waals surface area contributed by atoms with Gasteiger partial charge in [0.25, 0.3) is 0 Å². The Morgan fingerprint density at radius 1 is 0.947 bits per heavy atom. The van der Waals surface area contributed by atoms with E-state index in [1.807, 2.05) is 0 Å². The summed E-state index contributed by atoms with van der Waals surface area (Å²) in [4.78, 5) is 11.0. The average Bonchev–Trinajstić information content (AvgIpc) is 3.30. The van der Waals surface area contributed by atoms with E-state index in [9.17, 15) is 30.3 Å². The molecule has 2 aromatic carbocycles. The maximum absolute atomic E-state index is 11.0. The molecule has 1 saturated heterocycles. The van der Waals surface area contributed by atoms with E-state index >= 15 is 0 Å². The highest BCUT2D eigenvalue weighted by molar-refractivity contribution is 5.85. The summed E-state index contributed by atoms with van der Waals surface area (Å²) in [5, 5.41) is 58.9. The Kier molecular flexibility index (Phi) is 8.41. The largest absolute Gasteiger partial charge is 0.493 e. The topological polar surface area (TPSA) is 185 Å². The number of ether oxygens (including phenoxy) is 5. The molecular weight excluding hydrogens is 504 g/mol. The van der Waals surface area contributed by atoms with Crippen molar-refractivity contribution in [3.63, 3.8) is 0 Å². The number of benzene rings is 2. The first-order valence-electron chi connectivity index (χ1n) is 11.8. The molecule has 12 nitrogen and oxygen atoms in total. The number of aliphatic hydroxyl groups excluding tert-OH is 5. The predicted octanol–water partition coefficient (Wildman–Crippen LogP) is 0.190. The van der Waals surface area contributed by atoms with Crippen molar-refractivity contribution in [1.82, 2.24) is 0 Å². The maximum Gasteiger partial charge on any atom is 0.328 e. The molecule has 4 rings (SSSR count). The van der Waals surface area contributed by atoms with E-state index < -0.39 is 55.3 Å². The molecule has 0 aliphatic carbocycles. The van der Waals surface area contributed by atoms with E-state index in [-0.39, 0.29) is 18.1 Å². The van der Waals surface area contributed by atoms with Crippen LogP contribution in [0.2, 0.25) is 0 Å². The van der Waals surface area contributed by atoms with E-state index in [4.69, 9.17) is 28.8 Å². The van der Waals surface area contributed by atoms with Gasteiger partial charge in [-0.05, 0) is 41.5 Å². The van der Waals surface area contributed by atoms with Gasteiger partial charge in [-0.2, -0.15) is 0 Å². The Hall–Kier alpha value is -3.39. The van der Waals surface area contributed by atoms with Crippen LogP contribution in [0.1, 0.15) is 28.7 Å². The van der Waals surface area contributed by atoms with Crippen molar-refractivity contribution in [2.75, 3.05) is 27.4 Å². The summed E-state index contributed by atoms with van der Waals surface area (Å²) in [6, 6.07) is 8.18. The van der Waals surface area contributed by atoms with Gasteiger partial charge in [-0.3, -0.25) is 0 Å². The number of aliphatic carboxylic acids is 1. The molecule has 7 atom stereocenters. The number of hydrogen-bond acceptors (Lipinski definition) is 11. The number of fused-ring (bicyclic) bond motifs is 1. The Bertz CT molecular complexity index is 1180. The SMILES string of the molecule is COc1cc(C2Oc3c(OC)cc(/C=C/C(=O)O)cc3C2CO)ccc1OC1OC(CO)C(O)C(O)C1O. The second-order valence-corrected chi connectivity index (χ2v) is 8.87. The van der Waals surface area contributed by atoms with Crippen LogP contribution in [0.3, 0.4) is 0 Å². The molecule has 0 bridgehead atoms. The number of methoxy groups -OCH3 is 2. The molecule has 38 heavy (non-hydrogen) atoms. The lowest BCUT2D eigenvalue weighted by molar-refractivity contribution is -0.277. The van der Waals surface area contributed by atoms with Gasteiger partial charge in [0.15, 0.2) is 23.0 Å². The van der Waals surface area contributed by atoms with Crippen LogP contribution in [-0.2, 0) is 9.53 Å². The first-order chi connectivity index (χ1) is 18.2. The third-order valence-electron chi connectivity index (χ3n) is 6.56. The van der Waals surface area contributed by atoms with Crippen LogP contribution in [-0.4, -0.2) is 94.7 Å². The van der Waals surface area contributed by atoms with Gasteiger partial charge in [-0.25, -0.2) is 4.79 Å². The third kappa shape index (κ3) is 5.27. The minimum absolute atomic E-state index is 0.148. The molecule has 0 radical (unpaired) electrons. The Morgan fingerprint density at radius 3 is 2.32 bits per heavy atom. The van der Waals surface area contributed by atoms with E-state index in [0.29, 0.717) is 28.2 Å². The number of carbonyl (C=O) groups is 1. The average molecular weight is 535 g/mol. The first kappa shape index (κ1) is 27.6. The molecule has 2 aromatic rings. The number of carboxylic acid groups (broad SMARTS) is 1. The van der Waals surface area contributed by atoms with Crippen LogP contribution in [0.15, 0.2) is 36.4 Å². The molecule has 2 aliphatic heterocycles. The van der Waals surface area contributed by atoms with Crippen LogP contribution >= 0.6 is 0 Å². The minimum atomic E-state index is -1.60.